The molecule has 1 aromatic carbocycles. The molecule has 3 rings (SSSR count). The van der Waals surface area contributed by atoms with Crippen LogP contribution in [-0.4, -0.2) is 58.6 Å². The smallest absolute Gasteiger partial charge is 0.417 e. The minimum Gasteiger partial charge on any atom is -0.424 e. The number of aryl methyl sites for hydroxylation is 1. The number of alkyl halides is 3. The molecule has 0 aliphatic carbocycles. The Morgan fingerprint density at radius 1 is 1.17 bits per heavy atom. The fourth-order valence-corrected chi connectivity index (χ4v) is 3.24. The molecular formula is C18H21ClF3N5O2. The number of amides is 1. The molecule has 1 aromatic heterocycles. The van der Waals surface area contributed by atoms with E-state index in [0.29, 0.717) is 37.8 Å². The summed E-state index contributed by atoms with van der Waals surface area (Å²) >= 11 is 5.59. The minimum absolute atomic E-state index is 0.0634. The highest BCUT2D eigenvalue weighted by Gasteiger charge is 2.33. The van der Waals surface area contributed by atoms with Gasteiger partial charge in [-0.2, -0.15) is 13.2 Å². The highest BCUT2D eigenvalue weighted by molar-refractivity contribution is 6.31. The first-order valence-corrected chi connectivity index (χ1v) is 9.55. The molecular weight excluding hydrogens is 411 g/mol. The number of hydrogen-bond donors (Lipinski definition) is 1. The second kappa shape index (κ2) is 9.10. The summed E-state index contributed by atoms with van der Waals surface area (Å²) in [6.45, 7) is 5.32. The first-order valence-electron chi connectivity index (χ1n) is 9.17. The Labute approximate surface area is 170 Å². The molecule has 7 nitrogen and oxygen atoms in total. The van der Waals surface area contributed by atoms with Crippen LogP contribution in [0.3, 0.4) is 0 Å². The fraction of sp³-hybridized carbons (Fsp3) is 0.500. The first kappa shape index (κ1) is 21.5. The summed E-state index contributed by atoms with van der Waals surface area (Å²) in [5.74, 6) is 0.792. The number of anilines is 1. The molecule has 0 atom stereocenters. The van der Waals surface area contributed by atoms with Crippen LogP contribution in [0, 0.1) is 0 Å². The maximum atomic E-state index is 12.9. The van der Waals surface area contributed by atoms with Crippen LogP contribution in [0.1, 0.15) is 24.3 Å². The van der Waals surface area contributed by atoms with Crippen molar-refractivity contribution in [1.82, 2.24) is 20.0 Å². The van der Waals surface area contributed by atoms with Crippen LogP contribution < -0.4 is 5.32 Å². The van der Waals surface area contributed by atoms with E-state index in [-0.39, 0.29) is 18.1 Å². The normalized spacial score (nSPS) is 16.2. The highest BCUT2D eigenvalue weighted by Crippen LogP contribution is 2.36. The van der Waals surface area contributed by atoms with Crippen molar-refractivity contribution in [1.29, 1.82) is 0 Å². The lowest BCUT2D eigenvalue weighted by Crippen LogP contribution is -2.48. The number of benzene rings is 1. The van der Waals surface area contributed by atoms with Gasteiger partial charge in [-0.25, -0.2) is 0 Å². The Kier molecular flexibility index (Phi) is 6.76. The molecule has 158 valence electrons. The molecule has 1 amide bonds. The number of nitrogens with one attached hydrogen (secondary N) is 1. The molecule has 1 aliphatic heterocycles. The zero-order valence-corrected chi connectivity index (χ0v) is 16.6. The quantitative estimate of drug-likeness (QED) is 0.757. The number of piperazine rings is 1. The third kappa shape index (κ3) is 5.91. The van der Waals surface area contributed by atoms with E-state index >= 15 is 0 Å². The Morgan fingerprint density at radius 2 is 1.83 bits per heavy atom. The molecule has 0 unspecified atom stereocenters. The van der Waals surface area contributed by atoms with Gasteiger partial charge in [0.2, 0.25) is 17.7 Å². The molecule has 0 saturated carbocycles. The van der Waals surface area contributed by atoms with E-state index in [1.807, 2.05) is 11.8 Å². The number of aromatic nitrogens is 2. The van der Waals surface area contributed by atoms with Crippen molar-refractivity contribution in [3.63, 3.8) is 0 Å². The van der Waals surface area contributed by atoms with Crippen LogP contribution in [0.2, 0.25) is 5.02 Å². The van der Waals surface area contributed by atoms with Gasteiger partial charge in [-0.1, -0.05) is 18.5 Å². The van der Waals surface area contributed by atoms with Crippen molar-refractivity contribution in [3.8, 4) is 0 Å². The Balaban J connectivity index is 1.47. The minimum atomic E-state index is -4.58. The van der Waals surface area contributed by atoms with Gasteiger partial charge in [0.25, 0.3) is 0 Å². The first-order chi connectivity index (χ1) is 13.7. The predicted molar refractivity (Wildman–Crippen MR) is 100 cm³/mol. The molecule has 1 fully saturated rings. The van der Waals surface area contributed by atoms with Gasteiger partial charge in [-0.3, -0.25) is 14.6 Å². The number of nitrogens with zero attached hydrogens (tertiary/aromatic N) is 4. The third-order valence-corrected chi connectivity index (χ3v) is 4.89. The van der Waals surface area contributed by atoms with Crippen LogP contribution in [0.15, 0.2) is 22.6 Å². The van der Waals surface area contributed by atoms with Crippen molar-refractivity contribution >= 4 is 23.2 Å². The van der Waals surface area contributed by atoms with Crippen molar-refractivity contribution in [2.75, 3.05) is 38.0 Å². The van der Waals surface area contributed by atoms with Gasteiger partial charge >= 0.3 is 6.18 Å². The average Bonchev–Trinajstić information content (AvgIpc) is 3.11. The molecule has 29 heavy (non-hydrogen) atoms. The van der Waals surface area contributed by atoms with Gasteiger partial charge in [-0.05, 0) is 18.2 Å². The summed E-state index contributed by atoms with van der Waals surface area (Å²) in [5, 5.41) is 10.0. The molecule has 2 heterocycles. The van der Waals surface area contributed by atoms with E-state index in [2.05, 4.69) is 20.4 Å². The van der Waals surface area contributed by atoms with E-state index in [1.54, 1.807) is 0 Å². The summed E-state index contributed by atoms with van der Waals surface area (Å²) in [5.41, 5.74) is -0.911. The van der Waals surface area contributed by atoms with E-state index in [0.717, 1.165) is 25.2 Å². The van der Waals surface area contributed by atoms with Gasteiger partial charge < -0.3 is 9.73 Å². The zero-order valence-electron chi connectivity index (χ0n) is 15.8. The molecule has 1 saturated heterocycles. The summed E-state index contributed by atoms with van der Waals surface area (Å²) in [7, 11) is 0. The van der Waals surface area contributed by atoms with Crippen LogP contribution in [-0.2, 0) is 23.9 Å². The summed E-state index contributed by atoms with van der Waals surface area (Å²) < 4.78 is 44.3. The lowest BCUT2D eigenvalue weighted by atomic mass is 10.2. The highest BCUT2D eigenvalue weighted by atomic mass is 35.5. The molecule has 0 radical (unpaired) electrons. The monoisotopic (exact) mass is 431 g/mol. The van der Waals surface area contributed by atoms with Gasteiger partial charge in [0.05, 0.1) is 23.7 Å². The van der Waals surface area contributed by atoms with Crippen LogP contribution >= 0.6 is 11.6 Å². The van der Waals surface area contributed by atoms with Crippen LogP contribution in [0.4, 0.5) is 18.9 Å². The van der Waals surface area contributed by atoms with Crippen LogP contribution in [0.5, 0.6) is 0 Å². The second-order valence-electron chi connectivity index (χ2n) is 6.74. The number of rotatable bonds is 6. The van der Waals surface area contributed by atoms with E-state index < -0.39 is 16.8 Å². The van der Waals surface area contributed by atoms with Crippen molar-refractivity contribution < 1.29 is 22.4 Å². The van der Waals surface area contributed by atoms with Crippen molar-refractivity contribution in [3.05, 3.63) is 40.6 Å². The molecule has 1 aliphatic rings. The largest absolute Gasteiger partial charge is 0.424 e. The van der Waals surface area contributed by atoms with Gasteiger partial charge in [0.15, 0.2) is 0 Å². The molecule has 0 bridgehead atoms. The average molecular weight is 432 g/mol. The van der Waals surface area contributed by atoms with E-state index in [4.69, 9.17) is 16.0 Å². The van der Waals surface area contributed by atoms with Crippen molar-refractivity contribution in [2.24, 2.45) is 0 Å². The predicted octanol–water partition coefficient (Wildman–Crippen LogP) is 3.06. The van der Waals surface area contributed by atoms with Crippen LogP contribution in [0.25, 0.3) is 0 Å². The zero-order chi connectivity index (χ0) is 21.0. The maximum absolute atomic E-state index is 12.9. The number of hydrogen-bond acceptors (Lipinski definition) is 6. The molecule has 0 spiro atoms. The van der Waals surface area contributed by atoms with Gasteiger partial charge in [0, 0.05) is 38.3 Å². The Morgan fingerprint density at radius 3 is 2.45 bits per heavy atom. The standard InChI is InChI=1S/C18H21ClF3N5O2/c1-2-16-24-25-17(29-16)11-27-7-5-26(6-8-27)10-15(28)23-12-3-4-14(19)13(9-12)18(20,21)22/h3-4,9H,2,5-8,10-11H2,1H3,(H,23,28). The summed E-state index contributed by atoms with van der Waals surface area (Å²) in [6, 6.07) is 3.32. The molecule has 11 heteroatoms. The Bertz CT molecular complexity index is 850. The molecule has 1 N–H and O–H groups in total. The fourth-order valence-electron chi connectivity index (χ4n) is 3.02. The lowest BCUT2D eigenvalue weighted by molar-refractivity contribution is -0.137. The van der Waals surface area contributed by atoms with E-state index in [9.17, 15) is 18.0 Å². The number of halogens is 4. The molecule has 2 aromatic rings. The van der Waals surface area contributed by atoms with E-state index in [1.165, 1.54) is 6.07 Å². The Hall–Kier alpha value is -2.17. The topological polar surface area (TPSA) is 74.5 Å². The lowest BCUT2D eigenvalue weighted by Gasteiger charge is -2.33. The third-order valence-electron chi connectivity index (χ3n) is 4.56. The summed E-state index contributed by atoms with van der Waals surface area (Å²) in [6.07, 6.45) is -3.89. The van der Waals surface area contributed by atoms with Crippen molar-refractivity contribution in [2.45, 2.75) is 26.1 Å². The SMILES string of the molecule is CCc1nnc(CN2CCN(CC(=O)Nc3ccc(Cl)c(C(F)(F)F)c3)CC2)o1. The number of carbonyl (C=O) groups excluding carboxylic acids is 1. The maximum Gasteiger partial charge on any atom is 0.417 e. The number of carbonyl (C=O) groups is 1. The summed E-state index contributed by atoms with van der Waals surface area (Å²) in [4.78, 5) is 16.3. The van der Waals surface area contributed by atoms with Gasteiger partial charge in [0.1, 0.15) is 0 Å². The second-order valence-corrected chi connectivity index (χ2v) is 7.14. The van der Waals surface area contributed by atoms with Gasteiger partial charge in [-0.15, -0.1) is 10.2 Å².